The molecular formula is As2O8Th3. The standard InChI is InChI=1S/2AsH3O4.3Th/c2*2-1(3,4)5;;;/h2*(H3,2,3,4,5);;;/q;;3*+2/p-6. The molecular weight excluding hydrogens is 974 g/mol. The third kappa shape index (κ3) is 173. The van der Waals surface area contributed by atoms with Crippen LogP contribution in [0.3, 0.4) is 0 Å². The first-order chi connectivity index (χ1) is 4.00. The van der Waals surface area contributed by atoms with Gasteiger partial charge in [0, 0.05) is 0 Å². The fourth-order valence-electron chi connectivity index (χ4n) is 0. The van der Waals surface area contributed by atoms with Crippen LogP contribution in [-0.4, -0.2) is 29.0 Å². The molecule has 0 aliphatic carbocycles. The molecule has 0 radical (unpaired) electrons. The number of hydrogen-bond donors (Lipinski definition) is 0. The molecule has 0 N–H and O–H groups in total. The maximum atomic E-state index is 8.61. The van der Waals surface area contributed by atoms with Gasteiger partial charge in [0.1, 0.15) is 0 Å². The average molecular weight is 974 g/mol. The second kappa shape index (κ2) is 14.5. The molecule has 0 atom stereocenters. The molecule has 0 aromatic rings. The molecule has 13 heavy (non-hydrogen) atoms. The van der Waals surface area contributed by atoms with Gasteiger partial charge in [-0.3, -0.25) is 0 Å². The zero-order valence-corrected chi connectivity index (χ0v) is 21.7. The van der Waals surface area contributed by atoms with Crippen molar-refractivity contribution in [2.45, 2.75) is 0 Å². The maximum absolute atomic E-state index is 8.61. The summed E-state index contributed by atoms with van der Waals surface area (Å²) in [5.41, 5.74) is 0. The van der Waals surface area contributed by atoms with Gasteiger partial charge in [-0.2, -0.15) is 0 Å². The van der Waals surface area contributed by atoms with Gasteiger partial charge in [-0.05, 0) is 0 Å². The van der Waals surface area contributed by atoms with E-state index in [1.54, 1.807) is 0 Å². The Balaban J connectivity index is -0.0000000267. The van der Waals surface area contributed by atoms with Crippen molar-refractivity contribution in [1.82, 2.24) is 0 Å². The summed E-state index contributed by atoms with van der Waals surface area (Å²) in [6, 6.07) is 0. The first kappa shape index (κ1) is 30.5. The summed E-state index contributed by atoms with van der Waals surface area (Å²) in [4.78, 5) is 0. The van der Waals surface area contributed by atoms with Gasteiger partial charge in [0.15, 0.2) is 0 Å². The van der Waals surface area contributed by atoms with E-state index in [9.17, 15) is 0 Å². The summed E-state index contributed by atoms with van der Waals surface area (Å²) in [6.45, 7) is 0. The van der Waals surface area contributed by atoms with E-state index in [0.717, 1.165) is 0 Å². The topological polar surface area (TPSA) is 172 Å². The minimum absolute atomic E-state index is 0. The molecule has 0 heterocycles. The SMILES string of the molecule is O=[As]([O-])([O-])[O-].O=[As]([O-])([O-])[O-].[Th+2].[Th+2].[Th+2]. The summed E-state index contributed by atoms with van der Waals surface area (Å²) in [6.07, 6.45) is 0. The Hall–Kier alpha value is 4.45. The molecule has 0 aliphatic heterocycles. The second-order valence-electron chi connectivity index (χ2n) is 0.894. The molecule has 0 fully saturated rings. The van der Waals surface area contributed by atoms with Gasteiger partial charge in [0.2, 0.25) is 0 Å². The Kier molecular flexibility index (Phi) is 34.0. The summed E-state index contributed by atoms with van der Waals surface area (Å²) >= 11 is -11.8. The molecule has 70 valence electrons. The molecule has 0 bridgehead atoms. The molecule has 0 spiro atoms. The maximum Gasteiger partial charge on any atom is 2.00 e. The van der Waals surface area contributed by atoms with Gasteiger partial charge in [0.05, 0.1) is 0 Å². The van der Waals surface area contributed by atoms with Crippen LogP contribution in [0, 0.1) is 120 Å². The van der Waals surface area contributed by atoms with Crippen LogP contribution >= 0.6 is 0 Å². The fourth-order valence-corrected chi connectivity index (χ4v) is 0. The molecule has 0 saturated heterocycles. The van der Waals surface area contributed by atoms with Crippen LogP contribution in [0.25, 0.3) is 0 Å². The van der Waals surface area contributed by atoms with Crippen LogP contribution in [0.2, 0.25) is 0 Å². The van der Waals surface area contributed by atoms with Crippen molar-refractivity contribution in [3.63, 3.8) is 0 Å². The third-order valence-electron chi connectivity index (χ3n) is 0. The van der Waals surface area contributed by atoms with Gasteiger partial charge < -0.3 is 0 Å². The van der Waals surface area contributed by atoms with Crippen LogP contribution in [0.15, 0.2) is 0 Å². The summed E-state index contributed by atoms with van der Waals surface area (Å²) in [5.74, 6) is 0. The van der Waals surface area contributed by atoms with Gasteiger partial charge in [-0.15, -0.1) is 0 Å². The molecule has 0 unspecified atom stereocenters. The minimum Gasteiger partial charge on any atom is 2.00 e. The minimum atomic E-state index is -5.88. The number of hydrogen-bond acceptors (Lipinski definition) is 8. The third-order valence-corrected chi connectivity index (χ3v) is 0. The Bertz CT molecular complexity index is 130. The van der Waals surface area contributed by atoms with Crippen LogP contribution in [-0.2, 0) is 7.48 Å². The zero-order valence-electron chi connectivity index (χ0n) is 5.66. The Morgan fingerprint density at radius 1 is 0.538 bits per heavy atom. The first-order valence-corrected chi connectivity index (χ1v) is 7.59. The normalized spacial score (nSPS) is 9.08. The molecule has 0 amide bonds. The summed E-state index contributed by atoms with van der Waals surface area (Å²) in [5, 5.41) is 0. The van der Waals surface area contributed by atoms with Crippen molar-refractivity contribution in [2.75, 3.05) is 0 Å². The van der Waals surface area contributed by atoms with Crippen LogP contribution in [0.1, 0.15) is 0 Å². The Morgan fingerprint density at radius 3 is 0.538 bits per heavy atom. The van der Waals surface area contributed by atoms with Gasteiger partial charge >= 0.3 is 181 Å². The van der Waals surface area contributed by atoms with Crippen LogP contribution < -0.4 is 24.6 Å². The van der Waals surface area contributed by atoms with Crippen molar-refractivity contribution in [1.29, 1.82) is 0 Å². The summed E-state index contributed by atoms with van der Waals surface area (Å²) in [7, 11) is 0. The van der Waals surface area contributed by atoms with E-state index in [1.807, 2.05) is 0 Å². The van der Waals surface area contributed by atoms with E-state index in [4.69, 9.17) is 32.1 Å². The van der Waals surface area contributed by atoms with Crippen molar-refractivity contribution in [3.8, 4) is 0 Å². The monoisotopic (exact) mass is 974 g/mol. The zero-order chi connectivity index (χ0) is 9.00. The quantitative estimate of drug-likeness (QED) is 0.216. The van der Waals surface area contributed by atoms with Crippen molar-refractivity contribution in [2.24, 2.45) is 0 Å². The fraction of sp³-hybridized carbons (Fsp3) is 0. The largest absolute Gasteiger partial charge is 2.00 e. The Morgan fingerprint density at radius 2 is 0.538 bits per heavy atom. The predicted octanol–water partition coefficient (Wildman–Crippen LogP) is -8.13. The molecule has 0 aliphatic rings. The van der Waals surface area contributed by atoms with Crippen LogP contribution in [0.5, 0.6) is 0 Å². The van der Waals surface area contributed by atoms with Gasteiger partial charge in [-0.25, -0.2) is 0 Å². The average Bonchev–Trinajstić information content (AvgIpc) is 1.12. The van der Waals surface area contributed by atoms with E-state index in [-0.39, 0.29) is 120 Å². The second-order valence-corrected chi connectivity index (χ2v) is 4.65. The molecule has 0 saturated carbocycles. The van der Waals surface area contributed by atoms with Crippen LogP contribution in [0.4, 0.5) is 0 Å². The molecule has 0 aromatic heterocycles. The van der Waals surface area contributed by atoms with Gasteiger partial charge in [0.25, 0.3) is 0 Å². The molecule has 0 aromatic carbocycles. The smallest absolute Gasteiger partial charge is 2.00 e. The van der Waals surface area contributed by atoms with E-state index in [0.29, 0.717) is 0 Å². The van der Waals surface area contributed by atoms with E-state index in [1.165, 1.54) is 0 Å². The Labute approximate surface area is 176 Å². The number of rotatable bonds is 0. The van der Waals surface area contributed by atoms with Crippen molar-refractivity contribution >= 4 is 29.0 Å². The van der Waals surface area contributed by atoms with Crippen molar-refractivity contribution < 1.29 is 152 Å². The predicted molar refractivity (Wildman–Crippen MR) is 12.9 cm³/mol. The van der Waals surface area contributed by atoms with E-state index in [2.05, 4.69) is 0 Å². The van der Waals surface area contributed by atoms with Gasteiger partial charge in [-0.1, -0.05) is 0 Å². The molecule has 8 nitrogen and oxygen atoms in total. The molecule has 0 rings (SSSR count). The van der Waals surface area contributed by atoms with Crippen molar-refractivity contribution in [3.05, 3.63) is 0 Å². The van der Waals surface area contributed by atoms with E-state index >= 15 is 0 Å². The molecule has 13 heteroatoms. The van der Waals surface area contributed by atoms with E-state index < -0.39 is 29.0 Å². The first-order valence-electron chi connectivity index (χ1n) is 1.46. The summed E-state index contributed by atoms with van der Waals surface area (Å²) < 4.78 is 68.9.